The lowest BCUT2D eigenvalue weighted by Crippen LogP contribution is -2.41. The fourth-order valence-electron chi connectivity index (χ4n) is 2.40. The molecule has 2 heterocycles. The van der Waals surface area contributed by atoms with Crippen molar-refractivity contribution in [2.75, 3.05) is 0 Å². The molecule has 1 saturated heterocycles. The van der Waals surface area contributed by atoms with Crippen LogP contribution >= 0.6 is 0 Å². The highest BCUT2D eigenvalue weighted by Gasteiger charge is 2.51. The van der Waals surface area contributed by atoms with Gasteiger partial charge < -0.3 is 18.8 Å². The Kier molecular flexibility index (Phi) is 4.86. The van der Waals surface area contributed by atoms with Crippen molar-refractivity contribution < 1.29 is 32.0 Å². The second-order valence-corrected chi connectivity index (χ2v) is 7.14. The van der Waals surface area contributed by atoms with E-state index in [-0.39, 0.29) is 5.75 Å². The molecule has 1 aliphatic heterocycles. The molecule has 0 radical (unpaired) electrons. The molecule has 2 aromatic rings. The predicted octanol–water partition coefficient (Wildman–Crippen LogP) is 4.07. The average Bonchev–Trinajstić information content (AvgIpc) is 2.77. The fraction of sp³-hybridized carbons (Fsp3) is 0.389. The predicted molar refractivity (Wildman–Crippen MR) is 93.2 cm³/mol. The number of aromatic nitrogens is 1. The van der Waals surface area contributed by atoms with Crippen LogP contribution in [0.1, 0.15) is 27.7 Å². The quantitative estimate of drug-likeness (QED) is 0.748. The standard InChI is InChI=1S/C18H19BF3NO4/c1-16(2)17(3,4)27-19(26-16)12-5-10-15(23-11-12)24-13-6-8-14(9-7-13)25-18(20,21)22/h5-11H,1-4H3. The van der Waals surface area contributed by atoms with E-state index in [9.17, 15) is 13.2 Å². The Morgan fingerprint density at radius 2 is 1.44 bits per heavy atom. The summed E-state index contributed by atoms with van der Waals surface area (Å²) < 4.78 is 57.8. The first-order valence-electron chi connectivity index (χ1n) is 8.30. The summed E-state index contributed by atoms with van der Waals surface area (Å²) in [6.07, 6.45) is -3.15. The van der Waals surface area contributed by atoms with Crippen LogP contribution in [0.15, 0.2) is 42.6 Å². The Labute approximate surface area is 155 Å². The van der Waals surface area contributed by atoms with Crippen molar-refractivity contribution in [2.24, 2.45) is 0 Å². The third kappa shape index (κ3) is 4.54. The number of hydrogen-bond acceptors (Lipinski definition) is 5. The zero-order chi connectivity index (χ0) is 19.9. The number of benzene rings is 1. The van der Waals surface area contributed by atoms with Gasteiger partial charge in [-0.15, -0.1) is 13.2 Å². The summed E-state index contributed by atoms with van der Waals surface area (Å²) in [4.78, 5) is 4.20. The molecular formula is C18H19BF3NO4. The molecule has 3 rings (SSSR count). The minimum atomic E-state index is -4.73. The Morgan fingerprint density at radius 3 is 1.93 bits per heavy atom. The van der Waals surface area contributed by atoms with E-state index in [4.69, 9.17) is 14.0 Å². The minimum Gasteiger partial charge on any atom is -0.439 e. The van der Waals surface area contributed by atoms with Gasteiger partial charge in [-0.2, -0.15) is 0 Å². The van der Waals surface area contributed by atoms with Gasteiger partial charge in [-0.3, -0.25) is 0 Å². The van der Waals surface area contributed by atoms with Gasteiger partial charge in [-0.25, -0.2) is 4.98 Å². The minimum absolute atomic E-state index is 0.291. The Morgan fingerprint density at radius 1 is 0.889 bits per heavy atom. The number of alkyl halides is 3. The van der Waals surface area contributed by atoms with E-state index in [1.54, 1.807) is 18.3 Å². The molecule has 0 unspecified atom stereocenters. The van der Waals surface area contributed by atoms with Crippen molar-refractivity contribution in [3.05, 3.63) is 42.6 Å². The van der Waals surface area contributed by atoms with Crippen LogP contribution in [-0.4, -0.2) is 29.7 Å². The average molecular weight is 381 g/mol. The molecule has 0 amide bonds. The van der Waals surface area contributed by atoms with E-state index in [1.165, 1.54) is 24.3 Å². The zero-order valence-corrected chi connectivity index (χ0v) is 15.3. The summed E-state index contributed by atoms with van der Waals surface area (Å²) in [5.41, 5.74) is -0.157. The van der Waals surface area contributed by atoms with E-state index < -0.39 is 24.7 Å². The zero-order valence-electron chi connectivity index (χ0n) is 15.3. The first-order chi connectivity index (χ1) is 12.5. The molecule has 1 aromatic heterocycles. The molecule has 1 aromatic carbocycles. The molecule has 1 aliphatic rings. The van der Waals surface area contributed by atoms with E-state index >= 15 is 0 Å². The topological polar surface area (TPSA) is 49.8 Å². The lowest BCUT2D eigenvalue weighted by atomic mass is 9.80. The highest BCUT2D eigenvalue weighted by Crippen LogP contribution is 2.36. The molecule has 0 bridgehead atoms. The van der Waals surface area contributed by atoms with Crippen molar-refractivity contribution in [3.8, 4) is 17.4 Å². The molecular weight excluding hydrogens is 362 g/mol. The normalized spacial score (nSPS) is 18.4. The van der Waals surface area contributed by atoms with Gasteiger partial charge in [0.25, 0.3) is 0 Å². The highest BCUT2D eigenvalue weighted by atomic mass is 19.4. The van der Waals surface area contributed by atoms with Crippen LogP contribution in [-0.2, 0) is 9.31 Å². The number of ether oxygens (including phenoxy) is 2. The molecule has 144 valence electrons. The van der Waals surface area contributed by atoms with Gasteiger partial charge >= 0.3 is 13.5 Å². The van der Waals surface area contributed by atoms with Crippen molar-refractivity contribution >= 4 is 12.6 Å². The first kappa shape index (κ1) is 19.5. The molecule has 0 spiro atoms. The number of hydrogen-bond donors (Lipinski definition) is 0. The summed E-state index contributed by atoms with van der Waals surface area (Å²) in [6.45, 7) is 7.85. The van der Waals surface area contributed by atoms with Crippen LogP contribution in [0.3, 0.4) is 0 Å². The maximum atomic E-state index is 12.2. The van der Waals surface area contributed by atoms with E-state index in [0.29, 0.717) is 11.6 Å². The molecule has 0 aliphatic carbocycles. The number of nitrogens with zero attached hydrogens (tertiary/aromatic N) is 1. The lowest BCUT2D eigenvalue weighted by molar-refractivity contribution is -0.274. The first-order valence-corrected chi connectivity index (χ1v) is 8.30. The molecule has 5 nitrogen and oxygen atoms in total. The summed E-state index contributed by atoms with van der Waals surface area (Å²) in [5, 5.41) is 0. The van der Waals surface area contributed by atoms with Crippen molar-refractivity contribution in [2.45, 2.75) is 45.3 Å². The largest absolute Gasteiger partial charge is 0.573 e. The van der Waals surface area contributed by atoms with Gasteiger partial charge in [0.2, 0.25) is 5.88 Å². The molecule has 9 heteroatoms. The second-order valence-electron chi connectivity index (χ2n) is 7.14. The van der Waals surface area contributed by atoms with Gasteiger partial charge in [0.15, 0.2) is 0 Å². The smallest absolute Gasteiger partial charge is 0.439 e. The van der Waals surface area contributed by atoms with Gasteiger partial charge in [0.05, 0.1) is 11.2 Å². The number of pyridine rings is 1. The van der Waals surface area contributed by atoms with Gasteiger partial charge in [0.1, 0.15) is 11.5 Å². The molecule has 0 saturated carbocycles. The summed E-state index contributed by atoms with van der Waals surface area (Å²) >= 11 is 0. The van der Waals surface area contributed by atoms with Gasteiger partial charge in [0, 0.05) is 17.7 Å². The summed E-state index contributed by atoms with van der Waals surface area (Å²) in [6, 6.07) is 8.48. The number of halogens is 3. The van der Waals surface area contributed by atoms with Crippen molar-refractivity contribution in [1.82, 2.24) is 4.98 Å². The van der Waals surface area contributed by atoms with Crippen LogP contribution in [0.2, 0.25) is 0 Å². The molecule has 0 atom stereocenters. The fourth-order valence-corrected chi connectivity index (χ4v) is 2.40. The highest BCUT2D eigenvalue weighted by molar-refractivity contribution is 6.62. The second kappa shape index (κ2) is 6.72. The maximum Gasteiger partial charge on any atom is 0.573 e. The van der Waals surface area contributed by atoms with Crippen molar-refractivity contribution in [1.29, 1.82) is 0 Å². The van der Waals surface area contributed by atoms with Crippen LogP contribution in [0.25, 0.3) is 0 Å². The summed E-state index contributed by atoms with van der Waals surface area (Å²) in [7, 11) is -0.532. The molecule has 27 heavy (non-hydrogen) atoms. The third-order valence-electron chi connectivity index (χ3n) is 4.56. The Bertz CT molecular complexity index is 776. The molecule has 1 fully saturated rings. The van der Waals surface area contributed by atoms with E-state index in [0.717, 1.165) is 5.46 Å². The van der Waals surface area contributed by atoms with Crippen LogP contribution in [0.4, 0.5) is 13.2 Å². The van der Waals surface area contributed by atoms with Crippen molar-refractivity contribution in [3.63, 3.8) is 0 Å². The lowest BCUT2D eigenvalue weighted by Gasteiger charge is -2.32. The Balaban J connectivity index is 1.65. The van der Waals surface area contributed by atoms with Gasteiger partial charge in [-0.1, -0.05) is 6.07 Å². The Hall–Kier alpha value is -2.26. The van der Waals surface area contributed by atoms with E-state index in [1.807, 2.05) is 27.7 Å². The van der Waals surface area contributed by atoms with Crippen LogP contribution < -0.4 is 14.9 Å². The van der Waals surface area contributed by atoms with E-state index in [2.05, 4.69) is 9.72 Å². The van der Waals surface area contributed by atoms with Crippen LogP contribution in [0.5, 0.6) is 17.4 Å². The van der Waals surface area contributed by atoms with Crippen LogP contribution in [0, 0.1) is 0 Å². The monoisotopic (exact) mass is 381 g/mol. The number of rotatable bonds is 4. The third-order valence-corrected chi connectivity index (χ3v) is 4.56. The SMILES string of the molecule is CC1(C)OB(c2ccc(Oc3ccc(OC(F)(F)F)cc3)nc2)OC1(C)C. The maximum absolute atomic E-state index is 12.2. The summed E-state index contributed by atoms with van der Waals surface area (Å²) in [5.74, 6) is 0.305. The van der Waals surface area contributed by atoms with Gasteiger partial charge in [-0.05, 0) is 52.0 Å². The molecule has 0 N–H and O–H groups in total.